The third-order valence-corrected chi connectivity index (χ3v) is 3.99. The molecule has 5 nitrogen and oxygen atoms in total. The third kappa shape index (κ3) is 2.42. The van der Waals surface area contributed by atoms with Gasteiger partial charge in [0.1, 0.15) is 5.57 Å². The maximum absolute atomic E-state index is 12.1. The molecule has 1 saturated heterocycles. The molecule has 0 bridgehead atoms. The van der Waals surface area contributed by atoms with Crippen molar-refractivity contribution in [2.45, 2.75) is 19.8 Å². The Morgan fingerprint density at radius 3 is 2.57 bits per heavy atom. The van der Waals surface area contributed by atoms with E-state index in [4.69, 9.17) is 12.2 Å². The van der Waals surface area contributed by atoms with Crippen LogP contribution in [0.5, 0.6) is 0 Å². The number of para-hydroxylation sites is 1. The van der Waals surface area contributed by atoms with E-state index in [2.05, 4.69) is 16.7 Å². The quantitative estimate of drug-likeness (QED) is 0.465. The molecule has 2 amide bonds. The van der Waals surface area contributed by atoms with Crippen molar-refractivity contribution in [2.75, 3.05) is 11.4 Å². The summed E-state index contributed by atoms with van der Waals surface area (Å²) in [7, 11) is 0. The molecule has 2 aliphatic heterocycles. The molecule has 0 saturated carbocycles. The van der Waals surface area contributed by atoms with Gasteiger partial charge >= 0.3 is 0 Å². The first-order chi connectivity index (χ1) is 10.1. The van der Waals surface area contributed by atoms with E-state index in [9.17, 15) is 9.59 Å². The first-order valence-electron chi connectivity index (χ1n) is 6.81. The molecule has 0 spiro atoms. The lowest BCUT2D eigenvalue weighted by Crippen LogP contribution is -2.52. The number of aryl methyl sites for hydroxylation is 1. The van der Waals surface area contributed by atoms with Crippen LogP contribution in [-0.4, -0.2) is 23.5 Å². The number of thiocarbonyl (C=S) groups is 1. The van der Waals surface area contributed by atoms with E-state index in [1.165, 1.54) is 5.56 Å². The lowest BCUT2D eigenvalue weighted by Gasteiger charge is -2.33. The third-order valence-electron chi connectivity index (χ3n) is 3.79. The van der Waals surface area contributed by atoms with Crippen LogP contribution in [0.1, 0.15) is 18.9 Å². The summed E-state index contributed by atoms with van der Waals surface area (Å²) in [5, 5.41) is 5.02. The molecule has 0 atom stereocenters. The fourth-order valence-corrected chi connectivity index (χ4v) is 3.00. The molecule has 0 aliphatic carbocycles. The predicted octanol–water partition coefficient (Wildman–Crippen LogP) is 1.24. The minimum atomic E-state index is -0.440. The Kier molecular flexibility index (Phi) is 3.47. The second kappa shape index (κ2) is 5.29. The molecule has 0 radical (unpaired) electrons. The molecule has 1 fully saturated rings. The Balaban J connectivity index is 2.04. The van der Waals surface area contributed by atoms with Crippen LogP contribution in [0, 0.1) is 0 Å². The van der Waals surface area contributed by atoms with Crippen LogP contribution in [0.2, 0.25) is 0 Å². The Morgan fingerprint density at radius 2 is 1.86 bits per heavy atom. The summed E-state index contributed by atoms with van der Waals surface area (Å²) < 4.78 is 0. The van der Waals surface area contributed by atoms with Crippen LogP contribution in [0.4, 0.5) is 5.69 Å². The summed E-state index contributed by atoms with van der Waals surface area (Å²) in [5.41, 5.74) is 3.07. The van der Waals surface area contributed by atoms with E-state index >= 15 is 0 Å². The number of hydrogen-bond acceptors (Lipinski definition) is 4. The number of benzene rings is 1. The van der Waals surface area contributed by atoms with Crippen molar-refractivity contribution in [3.63, 3.8) is 0 Å². The van der Waals surface area contributed by atoms with Crippen molar-refractivity contribution in [3.8, 4) is 0 Å². The molecule has 0 unspecified atom stereocenters. The van der Waals surface area contributed by atoms with E-state index in [0.717, 1.165) is 25.1 Å². The second-order valence-corrected chi connectivity index (χ2v) is 5.49. The van der Waals surface area contributed by atoms with Gasteiger partial charge in [0.05, 0.1) is 0 Å². The summed E-state index contributed by atoms with van der Waals surface area (Å²) in [6.07, 6.45) is 2.00. The highest BCUT2D eigenvalue weighted by atomic mass is 32.1. The molecule has 1 aromatic carbocycles. The lowest BCUT2D eigenvalue weighted by molar-refractivity contribution is -0.123. The molecule has 3 rings (SSSR count). The molecular weight excluding hydrogens is 286 g/mol. The first kappa shape index (κ1) is 13.8. The number of anilines is 1. The highest BCUT2D eigenvalue weighted by Gasteiger charge is 2.31. The van der Waals surface area contributed by atoms with E-state index in [0.29, 0.717) is 5.70 Å². The van der Waals surface area contributed by atoms with Crippen LogP contribution in [0.15, 0.2) is 35.5 Å². The molecule has 2 N–H and O–H groups in total. The fourth-order valence-electron chi connectivity index (χ4n) is 2.81. The Labute approximate surface area is 128 Å². The van der Waals surface area contributed by atoms with Crippen molar-refractivity contribution in [2.24, 2.45) is 0 Å². The molecular formula is C15H15N3O2S. The van der Waals surface area contributed by atoms with Gasteiger partial charge in [-0.3, -0.25) is 20.2 Å². The second-order valence-electron chi connectivity index (χ2n) is 5.08. The SMILES string of the molecule is CC(=C1C(=O)NC(=S)NC1=O)N1CCCc2ccccc21. The van der Waals surface area contributed by atoms with Crippen molar-refractivity contribution < 1.29 is 9.59 Å². The van der Waals surface area contributed by atoms with E-state index < -0.39 is 11.8 Å². The lowest BCUT2D eigenvalue weighted by atomic mass is 10.00. The van der Waals surface area contributed by atoms with Gasteiger partial charge in [-0.2, -0.15) is 0 Å². The maximum Gasteiger partial charge on any atom is 0.264 e. The normalized spacial score (nSPS) is 18.0. The topological polar surface area (TPSA) is 61.4 Å². The molecule has 2 heterocycles. The number of carbonyl (C=O) groups is 2. The van der Waals surface area contributed by atoms with Crippen LogP contribution in [-0.2, 0) is 16.0 Å². The van der Waals surface area contributed by atoms with E-state index in [-0.39, 0.29) is 10.7 Å². The van der Waals surface area contributed by atoms with Gasteiger partial charge in [-0.1, -0.05) is 18.2 Å². The van der Waals surface area contributed by atoms with Gasteiger partial charge in [0.25, 0.3) is 11.8 Å². The maximum atomic E-state index is 12.1. The minimum Gasteiger partial charge on any atom is -0.344 e. The Morgan fingerprint density at radius 1 is 1.19 bits per heavy atom. The number of amides is 2. The average molecular weight is 301 g/mol. The highest BCUT2D eigenvalue weighted by Crippen LogP contribution is 2.30. The average Bonchev–Trinajstić information content (AvgIpc) is 2.45. The highest BCUT2D eigenvalue weighted by molar-refractivity contribution is 7.80. The van der Waals surface area contributed by atoms with Crippen molar-refractivity contribution in [3.05, 3.63) is 41.1 Å². The van der Waals surface area contributed by atoms with Crippen molar-refractivity contribution in [1.82, 2.24) is 10.6 Å². The van der Waals surface area contributed by atoms with E-state index in [1.54, 1.807) is 6.92 Å². The van der Waals surface area contributed by atoms with Crippen LogP contribution in [0.3, 0.4) is 0 Å². The van der Waals surface area contributed by atoms with Crippen molar-refractivity contribution in [1.29, 1.82) is 0 Å². The summed E-state index contributed by atoms with van der Waals surface area (Å²) in [6.45, 7) is 2.59. The number of carbonyl (C=O) groups excluding carboxylic acids is 2. The van der Waals surface area contributed by atoms with Gasteiger partial charge in [0, 0.05) is 17.9 Å². The zero-order valence-corrected chi connectivity index (χ0v) is 12.4. The fraction of sp³-hybridized carbons (Fsp3) is 0.267. The smallest absolute Gasteiger partial charge is 0.264 e. The predicted molar refractivity (Wildman–Crippen MR) is 83.7 cm³/mol. The number of nitrogens with one attached hydrogen (secondary N) is 2. The zero-order chi connectivity index (χ0) is 15.0. The molecule has 108 valence electrons. The first-order valence-corrected chi connectivity index (χ1v) is 7.21. The number of hydrogen-bond donors (Lipinski definition) is 2. The van der Waals surface area contributed by atoms with Gasteiger partial charge in [0.2, 0.25) is 0 Å². The summed E-state index contributed by atoms with van der Waals surface area (Å²) in [4.78, 5) is 26.2. The molecule has 2 aliphatic rings. The van der Waals surface area contributed by atoms with Crippen LogP contribution in [0.25, 0.3) is 0 Å². The summed E-state index contributed by atoms with van der Waals surface area (Å²) in [6, 6.07) is 8.06. The van der Waals surface area contributed by atoms with Crippen LogP contribution < -0.4 is 15.5 Å². The number of nitrogens with zero attached hydrogens (tertiary/aromatic N) is 1. The van der Waals surface area contributed by atoms with Gasteiger partial charge in [-0.25, -0.2) is 0 Å². The summed E-state index contributed by atoms with van der Waals surface area (Å²) >= 11 is 4.82. The Bertz CT molecular complexity index is 659. The van der Waals surface area contributed by atoms with Gasteiger partial charge in [-0.05, 0) is 43.6 Å². The number of fused-ring (bicyclic) bond motifs is 1. The Hall–Kier alpha value is -2.21. The monoisotopic (exact) mass is 301 g/mol. The summed E-state index contributed by atoms with van der Waals surface area (Å²) in [5.74, 6) is -0.881. The van der Waals surface area contributed by atoms with Gasteiger partial charge in [-0.15, -0.1) is 0 Å². The zero-order valence-electron chi connectivity index (χ0n) is 11.6. The van der Waals surface area contributed by atoms with Gasteiger partial charge in [0.15, 0.2) is 5.11 Å². The largest absolute Gasteiger partial charge is 0.344 e. The van der Waals surface area contributed by atoms with Gasteiger partial charge < -0.3 is 4.90 Å². The standard InChI is InChI=1S/C15H15N3O2S/c1-9(12-13(19)16-15(21)17-14(12)20)18-8-4-6-10-5-2-3-7-11(10)18/h2-3,5,7H,4,6,8H2,1H3,(H2,16,17,19,20,21). The van der Waals surface area contributed by atoms with E-state index in [1.807, 2.05) is 23.1 Å². The number of allylic oxidation sites excluding steroid dienone is 1. The minimum absolute atomic E-state index is 0.0561. The van der Waals surface area contributed by atoms with Crippen molar-refractivity contribution >= 4 is 34.8 Å². The number of rotatable bonds is 1. The molecule has 1 aromatic rings. The molecule has 21 heavy (non-hydrogen) atoms. The molecule has 6 heteroatoms. The molecule has 0 aromatic heterocycles. The van der Waals surface area contributed by atoms with Crippen LogP contribution >= 0.6 is 12.2 Å².